The fourth-order valence-electron chi connectivity index (χ4n) is 2.68. The Balaban J connectivity index is 1.56. The molecule has 0 N–H and O–H groups in total. The lowest BCUT2D eigenvalue weighted by Crippen LogP contribution is -2.08. The zero-order valence-corrected chi connectivity index (χ0v) is 15.7. The molecule has 0 fully saturated rings. The van der Waals surface area contributed by atoms with Crippen molar-refractivity contribution in [3.05, 3.63) is 65.0 Å². The number of carbonyl (C=O) groups excluding carboxylic acids is 1. The van der Waals surface area contributed by atoms with Crippen LogP contribution >= 0.6 is 11.3 Å². The summed E-state index contributed by atoms with van der Waals surface area (Å²) < 4.78 is 10.6. The summed E-state index contributed by atoms with van der Waals surface area (Å²) in [6, 6.07) is 13.1. The Morgan fingerprint density at radius 3 is 2.81 bits per heavy atom. The van der Waals surface area contributed by atoms with E-state index in [0.29, 0.717) is 11.4 Å². The maximum Gasteiger partial charge on any atom is 0.339 e. The first-order valence-electron chi connectivity index (χ1n) is 8.55. The van der Waals surface area contributed by atoms with E-state index in [9.17, 15) is 4.79 Å². The van der Waals surface area contributed by atoms with Gasteiger partial charge in [-0.25, -0.2) is 4.79 Å². The topological polar surface area (TPSA) is 78.1 Å². The van der Waals surface area contributed by atoms with Crippen LogP contribution in [0, 0.1) is 0 Å². The van der Waals surface area contributed by atoms with Crippen molar-refractivity contribution in [3.8, 4) is 10.7 Å². The standard InChI is InChI=1S/C20H17N3O3S/c1-12(2)16-10-14(13-6-3-4-7-15(13)21-16)20(24)25-11-18-22-19(23-26-18)17-8-5-9-27-17/h3-10,12H,11H2,1-2H3. The summed E-state index contributed by atoms with van der Waals surface area (Å²) in [5.74, 6) is 0.513. The van der Waals surface area contributed by atoms with Gasteiger partial charge in [0.05, 0.1) is 16.0 Å². The van der Waals surface area contributed by atoms with E-state index in [1.54, 1.807) is 6.07 Å². The highest BCUT2D eigenvalue weighted by Gasteiger charge is 2.17. The van der Waals surface area contributed by atoms with Crippen molar-refractivity contribution < 1.29 is 14.1 Å². The molecule has 0 aliphatic heterocycles. The number of para-hydroxylation sites is 1. The molecule has 136 valence electrons. The fraction of sp³-hybridized carbons (Fsp3) is 0.200. The van der Waals surface area contributed by atoms with Gasteiger partial charge in [-0.3, -0.25) is 4.98 Å². The molecule has 0 saturated carbocycles. The molecule has 0 saturated heterocycles. The van der Waals surface area contributed by atoms with Crippen molar-refractivity contribution in [3.63, 3.8) is 0 Å². The van der Waals surface area contributed by atoms with Gasteiger partial charge >= 0.3 is 5.97 Å². The Morgan fingerprint density at radius 1 is 1.19 bits per heavy atom. The van der Waals surface area contributed by atoms with E-state index >= 15 is 0 Å². The van der Waals surface area contributed by atoms with Gasteiger partial charge in [-0.15, -0.1) is 11.3 Å². The summed E-state index contributed by atoms with van der Waals surface area (Å²) in [7, 11) is 0. The average Bonchev–Trinajstić information content (AvgIpc) is 3.36. The molecule has 0 amide bonds. The molecule has 0 atom stereocenters. The molecule has 3 aromatic heterocycles. The lowest BCUT2D eigenvalue weighted by atomic mass is 10.0. The predicted octanol–water partition coefficient (Wildman–Crippen LogP) is 4.83. The Bertz CT molecular complexity index is 1090. The summed E-state index contributed by atoms with van der Waals surface area (Å²) in [5, 5.41) is 6.62. The van der Waals surface area contributed by atoms with Crippen molar-refractivity contribution in [2.24, 2.45) is 0 Å². The molecule has 0 aliphatic carbocycles. The molecule has 4 aromatic rings. The Kier molecular flexibility index (Phi) is 4.68. The molecule has 4 rings (SSSR count). The van der Waals surface area contributed by atoms with Crippen molar-refractivity contribution in [1.82, 2.24) is 15.1 Å². The van der Waals surface area contributed by atoms with Gasteiger partial charge < -0.3 is 9.26 Å². The maximum atomic E-state index is 12.7. The van der Waals surface area contributed by atoms with Gasteiger partial charge in [0, 0.05) is 11.1 Å². The molecule has 0 unspecified atom stereocenters. The van der Waals surface area contributed by atoms with E-state index in [1.807, 2.05) is 55.6 Å². The van der Waals surface area contributed by atoms with Crippen molar-refractivity contribution in [2.75, 3.05) is 0 Å². The minimum Gasteiger partial charge on any atom is -0.452 e. The number of ether oxygens (including phenoxy) is 1. The summed E-state index contributed by atoms with van der Waals surface area (Å²) >= 11 is 1.52. The summed E-state index contributed by atoms with van der Waals surface area (Å²) in [6.07, 6.45) is 0. The van der Waals surface area contributed by atoms with Gasteiger partial charge in [0.2, 0.25) is 5.82 Å². The lowest BCUT2D eigenvalue weighted by Gasteiger charge is -2.11. The molecule has 0 spiro atoms. The van der Waals surface area contributed by atoms with Crippen LogP contribution in [-0.2, 0) is 11.3 Å². The van der Waals surface area contributed by atoms with Crippen LogP contribution in [0.25, 0.3) is 21.6 Å². The number of fused-ring (bicyclic) bond motifs is 1. The van der Waals surface area contributed by atoms with E-state index in [2.05, 4.69) is 15.1 Å². The monoisotopic (exact) mass is 379 g/mol. The second-order valence-corrected chi connectivity index (χ2v) is 7.28. The Hall–Kier alpha value is -3.06. The SMILES string of the molecule is CC(C)c1cc(C(=O)OCc2nc(-c3cccs3)no2)c2ccccc2n1. The molecule has 0 radical (unpaired) electrons. The number of benzene rings is 1. The highest BCUT2D eigenvalue weighted by atomic mass is 32.1. The van der Waals surface area contributed by atoms with Gasteiger partial charge in [-0.05, 0) is 29.5 Å². The number of carbonyl (C=O) groups is 1. The molecule has 27 heavy (non-hydrogen) atoms. The predicted molar refractivity (Wildman–Crippen MR) is 103 cm³/mol. The number of thiophene rings is 1. The number of pyridine rings is 1. The third-order valence-corrected chi connectivity index (χ3v) is 4.95. The number of aromatic nitrogens is 3. The van der Waals surface area contributed by atoms with Gasteiger partial charge in [0.15, 0.2) is 6.61 Å². The van der Waals surface area contributed by atoms with Crippen LogP contribution in [-0.4, -0.2) is 21.1 Å². The highest BCUT2D eigenvalue weighted by Crippen LogP contribution is 2.24. The normalized spacial score (nSPS) is 11.2. The molecule has 3 heterocycles. The molecule has 0 aliphatic rings. The molecule has 7 heteroatoms. The van der Waals surface area contributed by atoms with Gasteiger partial charge in [0.1, 0.15) is 0 Å². The average molecular weight is 379 g/mol. The second kappa shape index (κ2) is 7.28. The van der Waals surface area contributed by atoms with E-state index in [4.69, 9.17) is 9.26 Å². The van der Waals surface area contributed by atoms with Gasteiger partial charge in [-0.2, -0.15) is 4.98 Å². The van der Waals surface area contributed by atoms with Crippen LogP contribution in [0.2, 0.25) is 0 Å². The largest absolute Gasteiger partial charge is 0.452 e. The first kappa shape index (κ1) is 17.4. The third kappa shape index (κ3) is 3.59. The lowest BCUT2D eigenvalue weighted by molar-refractivity contribution is 0.0432. The number of nitrogens with zero attached hydrogens (tertiary/aromatic N) is 3. The van der Waals surface area contributed by atoms with Crippen molar-refractivity contribution in [1.29, 1.82) is 0 Å². The first-order chi connectivity index (χ1) is 13.1. The minimum absolute atomic E-state index is 0.0785. The van der Waals surface area contributed by atoms with E-state index in [-0.39, 0.29) is 18.4 Å². The van der Waals surface area contributed by atoms with Crippen LogP contribution in [0.4, 0.5) is 0 Å². The summed E-state index contributed by atoms with van der Waals surface area (Å²) in [6.45, 7) is 4.00. The van der Waals surface area contributed by atoms with Gasteiger partial charge in [0.25, 0.3) is 5.89 Å². The quantitative estimate of drug-likeness (QED) is 0.462. The molecule has 6 nitrogen and oxygen atoms in total. The van der Waals surface area contributed by atoms with Crippen LogP contribution < -0.4 is 0 Å². The Morgan fingerprint density at radius 2 is 2.04 bits per heavy atom. The number of hydrogen-bond acceptors (Lipinski definition) is 7. The van der Waals surface area contributed by atoms with E-state index < -0.39 is 5.97 Å². The maximum absolute atomic E-state index is 12.7. The third-order valence-electron chi connectivity index (χ3n) is 4.08. The van der Waals surface area contributed by atoms with Crippen LogP contribution in [0.15, 0.2) is 52.4 Å². The van der Waals surface area contributed by atoms with Crippen LogP contribution in [0.3, 0.4) is 0 Å². The summed E-state index contributed by atoms with van der Waals surface area (Å²) in [5.41, 5.74) is 2.11. The van der Waals surface area contributed by atoms with Crippen LogP contribution in [0.1, 0.15) is 41.7 Å². The second-order valence-electron chi connectivity index (χ2n) is 6.33. The number of hydrogen-bond donors (Lipinski definition) is 0. The van der Waals surface area contributed by atoms with E-state index in [0.717, 1.165) is 21.5 Å². The van der Waals surface area contributed by atoms with Gasteiger partial charge in [-0.1, -0.05) is 43.3 Å². The first-order valence-corrected chi connectivity index (χ1v) is 9.43. The van der Waals surface area contributed by atoms with E-state index in [1.165, 1.54) is 11.3 Å². The molecule has 0 bridgehead atoms. The van der Waals surface area contributed by atoms with Crippen molar-refractivity contribution >= 4 is 28.2 Å². The molecule has 1 aromatic carbocycles. The smallest absolute Gasteiger partial charge is 0.339 e. The minimum atomic E-state index is -0.439. The van der Waals surface area contributed by atoms with Crippen LogP contribution in [0.5, 0.6) is 0 Å². The fourth-order valence-corrected chi connectivity index (χ4v) is 3.33. The molecular formula is C20H17N3O3S. The number of rotatable bonds is 5. The van der Waals surface area contributed by atoms with Crippen molar-refractivity contribution in [2.45, 2.75) is 26.4 Å². The highest BCUT2D eigenvalue weighted by molar-refractivity contribution is 7.13. The molecular weight excluding hydrogens is 362 g/mol. The zero-order chi connectivity index (χ0) is 18.8. The summed E-state index contributed by atoms with van der Waals surface area (Å²) in [4.78, 5) is 22.5. The number of esters is 1. The Labute approximate surface area is 159 Å². The zero-order valence-electron chi connectivity index (χ0n) is 14.9.